The van der Waals surface area contributed by atoms with E-state index in [1.807, 2.05) is 10.8 Å². The maximum atomic E-state index is 10.9. The first kappa shape index (κ1) is 7.21. The molecule has 0 unspecified atom stereocenters. The molecule has 64 valence electrons. The molecule has 3 N–H and O–H groups in total. The van der Waals surface area contributed by atoms with Gasteiger partial charge in [-0.15, -0.1) is 0 Å². The molecule has 1 aliphatic rings. The van der Waals surface area contributed by atoms with Gasteiger partial charge in [0.2, 0.25) is 0 Å². The summed E-state index contributed by atoms with van der Waals surface area (Å²) in [6.45, 7) is 1.89. The standard InChI is InChI=1S/C8H11N3O/c9-7(12)6-2-5-11-4-1-3-10-8(6)11/h2,5,10H,1,3-4H2,(H2,9,12). The Bertz CT molecular complexity index is 316. The molecule has 0 saturated heterocycles. The molecule has 0 aromatic carbocycles. The van der Waals surface area contributed by atoms with Crippen molar-refractivity contribution in [1.82, 2.24) is 4.57 Å². The average Bonchev–Trinajstić information content (AvgIpc) is 2.47. The number of fused-ring (bicyclic) bond motifs is 1. The lowest BCUT2D eigenvalue weighted by atomic mass is 10.2. The number of amides is 1. The molecule has 1 aliphatic heterocycles. The van der Waals surface area contributed by atoms with Gasteiger partial charge in [0.15, 0.2) is 0 Å². The fourth-order valence-corrected chi connectivity index (χ4v) is 1.51. The van der Waals surface area contributed by atoms with Gasteiger partial charge in [-0.05, 0) is 12.5 Å². The number of rotatable bonds is 1. The highest BCUT2D eigenvalue weighted by molar-refractivity contribution is 5.98. The fraction of sp³-hybridized carbons (Fsp3) is 0.375. The molecule has 0 bridgehead atoms. The third kappa shape index (κ3) is 0.958. The highest BCUT2D eigenvalue weighted by atomic mass is 16.1. The molecule has 0 atom stereocenters. The highest BCUT2D eigenvalue weighted by Crippen LogP contribution is 2.20. The largest absolute Gasteiger partial charge is 0.371 e. The van der Waals surface area contributed by atoms with Gasteiger partial charge in [0, 0.05) is 19.3 Å². The number of carbonyl (C=O) groups excluding carboxylic acids is 1. The Kier molecular flexibility index (Phi) is 1.53. The van der Waals surface area contributed by atoms with Crippen molar-refractivity contribution in [2.75, 3.05) is 11.9 Å². The summed E-state index contributed by atoms with van der Waals surface area (Å²) in [7, 11) is 0. The summed E-state index contributed by atoms with van der Waals surface area (Å²) in [4.78, 5) is 10.9. The minimum absolute atomic E-state index is 0.363. The normalized spacial score (nSPS) is 15.0. The van der Waals surface area contributed by atoms with Crippen LogP contribution in [0.1, 0.15) is 16.8 Å². The van der Waals surface area contributed by atoms with Crippen LogP contribution in [0.25, 0.3) is 0 Å². The van der Waals surface area contributed by atoms with E-state index in [1.165, 1.54) is 0 Å². The van der Waals surface area contributed by atoms with Crippen molar-refractivity contribution in [2.24, 2.45) is 5.73 Å². The molecule has 1 amide bonds. The summed E-state index contributed by atoms with van der Waals surface area (Å²) in [5, 5.41) is 3.15. The van der Waals surface area contributed by atoms with Crippen LogP contribution < -0.4 is 11.1 Å². The van der Waals surface area contributed by atoms with Crippen molar-refractivity contribution in [1.29, 1.82) is 0 Å². The predicted molar refractivity (Wildman–Crippen MR) is 46.1 cm³/mol. The number of primary amides is 1. The van der Waals surface area contributed by atoms with Crippen LogP contribution in [0.2, 0.25) is 0 Å². The summed E-state index contributed by atoms with van der Waals surface area (Å²) < 4.78 is 2.02. The van der Waals surface area contributed by atoms with E-state index in [2.05, 4.69) is 5.32 Å². The molecular weight excluding hydrogens is 154 g/mol. The molecule has 4 nitrogen and oxygen atoms in total. The summed E-state index contributed by atoms with van der Waals surface area (Å²) in [6, 6.07) is 1.76. The molecule has 4 heteroatoms. The Labute approximate surface area is 70.4 Å². The first-order chi connectivity index (χ1) is 5.79. The van der Waals surface area contributed by atoms with Crippen LogP contribution in [0, 0.1) is 0 Å². The van der Waals surface area contributed by atoms with Gasteiger partial charge in [0.25, 0.3) is 5.91 Å². The van der Waals surface area contributed by atoms with Crippen LogP contribution in [-0.4, -0.2) is 17.0 Å². The van der Waals surface area contributed by atoms with Gasteiger partial charge in [-0.2, -0.15) is 0 Å². The van der Waals surface area contributed by atoms with E-state index >= 15 is 0 Å². The van der Waals surface area contributed by atoms with Crippen molar-refractivity contribution in [2.45, 2.75) is 13.0 Å². The van der Waals surface area contributed by atoms with E-state index in [1.54, 1.807) is 6.07 Å². The molecule has 0 aliphatic carbocycles. The number of nitrogens with two attached hydrogens (primary N) is 1. The maximum absolute atomic E-state index is 10.9. The van der Waals surface area contributed by atoms with Crippen LogP contribution in [0.3, 0.4) is 0 Å². The van der Waals surface area contributed by atoms with Crippen LogP contribution in [0.5, 0.6) is 0 Å². The zero-order chi connectivity index (χ0) is 8.55. The number of carbonyl (C=O) groups is 1. The van der Waals surface area contributed by atoms with Gasteiger partial charge in [0.05, 0.1) is 5.56 Å². The lowest BCUT2D eigenvalue weighted by Gasteiger charge is -2.17. The Morgan fingerprint density at radius 1 is 1.67 bits per heavy atom. The van der Waals surface area contributed by atoms with Crippen LogP contribution in [0.4, 0.5) is 5.82 Å². The van der Waals surface area contributed by atoms with Crippen LogP contribution in [-0.2, 0) is 6.54 Å². The van der Waals surface area contributed by atoms with Gasteiger partial charge in [-0.1, -0.05) is 0 Å². The smallest absolute Gasteiger partial charge is 0.252 e. The van der Waals surface area contributed by atoms with Crippen LogP contribution in [0.15, 0.2) is 12.3 Å². The van der Waals surface area contributed by atoms with E-state index in [0.29, 0.717) is 5.56 Å². The lowest BCUT2D eigenvalue weighted by molar-refractivity contribution is 0.100. The van der Waals surface area contributed by atoms with Gasteiger partial charge < -0.3 is 15.6 Å². The molecule has 1 aromatic rings. The lowest BCUT2D eigenvalue weighted by Crippen LogP contribution is -2.20. The van der Waals surface area contributed by atoms with Crippen LogP contribution >= 0.6 is 0 Å². The number of aromatic nitrogens is 1. The van der Waals surface area contributed by atoms with Crippen molar-refractivity contribution < 1.29 is 4.79 Å². The number of nitrogens with one attached hydrogen (secondary N) is 1. The zero-order valence-electron chi connectivity index (χ0n) is 6.71. The molecular formula is C8H11N3O. The van der Waals surface area contributed by atoms with Crippen molar-refractivity contribution in [3.05, 3.63) is 17.8 Å². The van der Waals surface area contributed by atoms with E-state index in [4.69, 9.17) is 5.73 Å². The Morgan fingerprint density at radius 3 is 3.25 bits per heavy atom. The van der Waals surface area contributed by atoms with E-state index < -0.39 is 0 Å². The van der Waals surface area contributed by atoms with Crippen molar-refractivity contribution in [3.63, 3.8) is 0 Å². The number of hydrogen-bond donors (Lipinski definition) is 2. The topological polar surface area (TPSA) is 60.1 Å². The SMILES string of the molecule is NC(=O)c1ccn2c1NCCC2. The minimum Gasteiger partial charge on any atom is -0.371 e. The Morgan fingerprint density at radius 2 is 2.50 bits per heavy atom. The van der Waals surface area contributed by atoms with E-state index in [9.17, 15) is 4.79 Å². The first-order valence-electron chi connectivity index (χ1n) is 4.02. The number of aryl methyl sites for hydroxylation is 1. The summed E-state index contributed by atoms with van der Waals surface area (Å²) in [5.41, 5.74) is 5.78. The highest BCUT2D eigenvalue weighted by Gasteiger charge is 2.15. The number of nitrogens with zero attached hydrogens (tertiary/aromatic N) is 1. The summed E-state index contributed by atoms with van der Waals surface area (Å²) in [5.74, 6) is 0.506. The van der Waals surface area contributed by atoms with Gasteiger partial charge in [0.1, 0.15) is 5.82 Å². The van der Waals surface area contributed by atoms with Crippen molar-refractivity contribution >= 4 is 11.7 Å². The average molecular weight is 165 g/mol. The quantitative estimate of drug-likeness (QED) is 0.633. The van der Waals surface area contributed by atoms with E-state index in [-0.39, 0.29) is 5.91 Å². The van der Waals surface area contributed by atoms with Gasteiger partial charge in [-0.25, -0.2) is 0 Å². The van der Waals surface area contributed by atoms with Gasteiger partial charge >= 0.3 is 0 Å². The molecule has 12 heavy (non-hydrogen) atoms. The monoisotopic (exact) mass is 165 g/mol. The predicted octanol–water partition coefficient (Wildman–Crippen LogP) is 0.403. The molecule has 0 saturated carbocycles. The first-order valence-corrected chi connectivity index (χ1v) is 4.02. The molecule has 0 radical (unpaired) electrons. The molecule has 2 heterocycles. The minimum atomic E-state index is -0.363. The van der Waals surface area contributed by atoms with Gasteiger partial charge in [-0.3, -0.25) is 4.79 Å². The molecule has 1 aromatic heterocycles. The van der Waals surface area contributed by atoms with E-state index in [0.717, 1.165) is 25.3 Å². The molecule has 2 rings (SSSR count). The fourth-order valence-electron chi connectivity index (χ4n) is 1.51. The third-order valence-corrected chi connectivity index (χ3v) is 2.10. The second-order valence-electron chi connectivity index (χ2n) is 2.92. The summed E-state index contributed by atoms with van der Waals surface area (Å²) in [6.07, 6.45) is 2.99. The third-order valence-electron chi connectivity index (χ3n) is 2.10. The second-order valence-corrected chi connectivity index (χ2v) is 2.92. The number of anilines is 1. The second kappa shape index (κ2) is 2.55. The molecule has 0 spiro atoms. The van der Waals surface area contributed by atoms with Crippen molar-refractivity contribution in [3.8, 4) is 0 Å². The maximum Gasteiger partial charge on any atom is 0.252 e. The Hall–Kier alpha value is -1.45. The Balaban J connectivity index is 2.44. The zero-order valence-corrected chi connectivity index (χ0v) is 6.71. The number of hydrogen-bond acceptors (Lipinski definition) is 2. The molecule has 0 fully saturated rings. The summed E-state index contributed by atoms with van der Waals surface area (Å²) >= 11 is 0.